The molecular formula is C14H13ClN4O3. The minimum Gasteiger partial charge on any atom is -0.508 e. The van der Waals surface area contributed by atoms with Crippen LogP contribution >= 0.6 is 11.6 Å². The van der Waals surface area contributed by atoms with Crippen LogP contribution < -0.4 is 5.32 Å². The number of anilines is 1. The third-order valence-corrected chi connectivity index (χ3v) is 3.69. The maximum absolute atomic E-state index is 12.2. The van der Waals surface area contributed by atoms with Gasteiger partial charge in [-0.15, -0.1) is 11.6 Å². The average molecular weight is 321 g/mol. The van der Waals surface area contributed by atoms with E-state index in [2.05, 4.69) is 15.4 Å². The molecule has 0 radical (unpaired) electrons. The van der Waals surface area contributed by atoms with Crippen molar-refractivity contribution >= 4 is 23.5 Å². The number of methoxy groups -OCH3 is 1. The highest BCUT2D eigenvalue weighted by molar-refractivity contribution is 6.20. The number of ether oxygens (including phenoxy) is 1. The van der Waals surface area contributed by atoms with Gasteiger partial charge in [0.05, 0.1) is 18.6 Å². The largest absolute Gasteiger partial charge is 0.508 e. The number of hydrogen-bond acceptors (Lipinski definition) is 6. The van der Waals surface area contributed by atoms with Crippen molar-refractivity contribution in [2.24, 2.45) is 0 Å². The molecule has 0 aliphatic carbocycles. The van der Waals surface area contributed by atoms with Crippen molar-refractivity contribution in [1.29, 1.82) is 0 Å². The van der Waals surface area contributed by atoms with Crippen LogP contribution in [0, 0.1) is 0 Å². The zero-order chi connectivity index (χ0) is 15.7. The number of aromatic hydroxyl groups is 1. The quantitative estimate of drug-likeness (QED) is 0.660. The van der Waals surface area contributed by atoms with Gasteiger partial charge in [-0.2, -0.15) is 10.1 Å². The molecule has 0 spiro atoms. The van der Waals surface area contributed by atoms with Crippen LogP contribution in [-0.2, 0) is 9.53 Å². The highest BCUT2D eigenvalue weighted by atomic mass is 35.5. The number of allylic oxidation sites excluding steroid dienone is 1. The number of alkyl halides is 1. The maximum Gasteiger partial charge on any atom is 0.338 e. The van der Waals surface area contributed by atoms with Gasteiger partial charge < -0.3 is 15.2 Å². The predicted molar refractivity (Wildman–Crippen MR) is 79.7 cm³/mol. The maximum atomic E-state index is 12.2. The lowest BCUT2D eigenvalue weighted by Gasteiger charge is -2.28. The van der Waals surface area contributed by atoms with Crippen LogP contribution in [0.5, 0.6) is 5.75 Å². The molecule has 1 aromatic carbocycles. The molecule has 0 saturated carbocycles. The predicted octanol–water partition coefficient (Wildman–Crippen LogP) is 1.66. The molecule has 1 aliphatic heterocycles. The standard InChI is InChI=1S/C14H13ClN4O3/c1-22-13(21)11-10(6-15)18-14-16-7-17-19(14)12(11)8-2-4-9(20)5-3-8/h2-5,7,12,20H,6H2,1H3,(H,16,17,18). The lowest BCUT2D eigenvalue weighted by atomic mass is 9.96. The summed E-state index contributed by atoms with van der Waals surface area (Å²) in [6, 6.07) is 5.99. The van der Waals surface area contributed by atoms with E-state index in [1.807, 2.05) is 0 Å². The van der Waals surface area contributed by atoms with E-state index < -0.39 is 12.0 Å². The van der Waals surface area contributed by atoms with E-state index in [0.717, 1.165) is 5.56 Å². The summed E-state index contributed by atoms with van der Waals surface area (Å²) >= 11 is 5.96. The fourth-order valence-corrected chi connectivity index (χ4v) is 2.64. The Hall–Kier alpha value is -2.54. The Kier molecular flexibility index (Phi) is 3.72. The van der Waals surface area contributed by atoms with Crippen LogP contribution in [0.2, 0.25) is 0 Å². The van der Waals surface area contributed by atoms with E-state index in [1.165, 1.54) is 13.4 Å². The molecule has 0 saturated heterocycles. The summed E-state index contributed by atoms with van der Waals surface area (Å²) in [7, 11) is 1.31. The molecule has 0 fully saturated rings. The second-order valence-electron chi connectivity index (χ2n) is 4.66. The van der Waals surface area contributed by atoms with Crippen LogP contribution in [0.3, 0.4) is 0 Å². The number of hydrogen-bond donors (Lipinski definition) is 2. The molecule has 8 heteroatoms. The molecule has 1 unspecified atom stereocenters. The van der Waals surface area contributed by atoms with E-state index in [0.29, 0.717) is 17.2 Å². The average Bonchev–Trinajstić information content (AvgIpc) is 3.01. The van der Waals surface area contributed by atoms with Crippen LogP contribution in [0.4, 0.5) is 5.95 Å². The highest BCUT2D eigenvalue weighted by Gasteiger charge is 2.34. The van der Waals surface area contributed by atoms with Crippen molar-refractivity contribution in [2.45, 2.75) is 6.04 Å². The monoisotopic (exact) mass is 320 g/mol. The Labute approximate surface area is 131 Å². The highest BCUT2D eigenvalue weighted by Crippen LogP contribution is 2.35. The molecule has 0 bridgehead atoms. The zero-order valence-corrected chi connectivity index (χ0v) is 12.4. The summed E-state index contributed by atoms with van der Waals surface area (Å²) < 4.78 is 6.46. The van der Waals surface area contributed by atoms with Crippen LogP contribution in [0.1, 0.15) is 11.6 Å². The van der Waals surface area contributed by atoms with Crippen molar-refractivity contribution in [3.63, 3.8) is 0 Å². The molecule has 3 rings (SSSR count). The van der Waals surface area contributed by atoms with Gasteiger partial charge in [0.2, 0.25) is 5.95 Å². The number of rotatable bonds is 3. The van der Waals surface area contributed by atoms with Gasteiger partial charge in [0.25, 0.3) is 0 Å². The molecular weight excluding hydrogens is 308 g/mol. The van der Waals surface area contributed by atoms with E-state index >= 15 is 0 Å². The Bertz CT molecular complexity index is 739. The van der Waals surface area contributed by atoms with Gasteiger partial charge in [0.1, 0.15) is 18.1 Å². The summed E-state index contributed by atoms with van der Waals surface area (Å²) in [6.45, 7) is 0. The number of halogens is 1. The number of esters is 1. The van der Waals surface area contributed by atoms with Crippen molar-refractivity contribution in [2.75, 3.05) is 18.3 Å². The Morgan fingerprint density at radius 3 is 2.82 bits per heavy atom. The molecule has 1 aliphatic rings. The minimum absolute atomic E-state index is 0.103. The van der Waals surface area contributed by atoms with E-state index in [1.54, 1.807) is 28.9 Å². The number of benzene rings is 1. The van der Waals surface area contributed by atoms with Crippen molar-refractivity contribution < 1.29 is 14.6 Å². The summed E-state index contributed by atoms with van der Waals surface area (Å²) in [5.41, 5.74) is 1.64. The summed E-state index contributed by atoms with van der Waals surface area (Å²) in [5.74, 6) is 0.229. The number of carbonyl (C=O) groups is 1. The van der Waals surface area contributed by atoms with Gasteiger partial charge in [-0.25, -0.2) is 9.48 Å². The third-order valence-electron chi connectivity index (χ3n) is 3.43. The lowest BCUT2D eigenvalue weighted by molar-refractivity contribution is -0.136. The number of nitrogens with zero attached hydrogens (tertiary/aromatic N) is 3. The van der Waals surface area contributed by atoms with Gasteiger partial charge in [-0.05, 0) is 17.7 Å². The first-order chi connectivity index (χ1) is 10.7. The molecule has 7 nitrogen and oxygen atoms in total. The van der Waals surface area contributed by atoms with Crippen molar-refractivity contribution in [3.8, 4) is 5.75 Å². The Morgan fingerprint density at radius 1 is 1.45 bits per heavy atom. The molecule has 114 valence electrons. The summed E-state index contributed by atoms with van der Waals surface area (Å²) in [5, 5.41) is 16.6. The van der Waals surface area contributed by atoms with Gasteiger partial charge >= 0.3 is 5.97 Å². The second kappa shape index (κ2) is 5.69. The van der Waals surface area contributed by atoms with Gasteiger partial charge in [-0.1, -0.05) is 12.1 Å². The molecule has 2 N–H and O–H groups in total. The molecule has 22 heavy (non-hydrogen) atoms. The molecule has 1 aromatic heterocycles. The third kappa shape index (κ3) is 2.29. The van der Waals surface area contributed by atoms with Crippen molar-refractivity contribution in [1.82, 2.24) is 14.8 Å². The fourth-order valence-electron chi connectivity index (χ4n) is 2.43. The summed E-state index contributed by atoms with van der Waals surface area (Å²) in [6.07, 6.45) is 1.39. The van der Waals surface area contributed by atoms with Crippen molar-refractivity contribution in [3.05, 3.63) is 47.4 Å². The number of nitrogens with one attached hydrogen (secondary N) is 1. The van der Waals surface area contributed by atoms with Crippen LogP contribution in [-0.4, -0.2) is 38.8 Å². The van der Waals surface area contributed by atoms with Gasteiger partial charge in [0, 0.05) is 5.70 Å². The van der Waals surface area contributed by atoms with E-state index in [4.69, 9.17) is 16.3 Å². The smallest absolute Gasteiger partial charge is 0.338 e. The number of phenolic OH excluding ortho intramolecular Hbond substituents is 1. The number of phenols is 1. The topological polar surface area (TPSA) is 89.3 Å². The molecule has 1 atom stereocenters. The first-order valence-corrected chi connectivity index (χ1v) is 7.02. The lowest BCUT2D eigenvalue weighted by Crippen LogP contribution is -2.30. The SMILES string of the molecule is COC(=O)C1=C(CCl)Nc2ncnn2C1c1ccc(O)cc1. The van der Waals surface area contributed by atoms with Gasteiger partial charge in [-0.3, -0.25) is 0 Å². The van der Waals surface area contributed by atoms with Gasteiger partial charge in [0.15, 0.2) is 0 Å². The van der Waals surface area contributed by atoms with Crippen LogP contribution in [0.25, 0.3) is 0 Å². The number of aromatic nitrogens is 3. The Morgan fingerprint density at radius 2 is 2.18 bits per heavy atom. The van der Waals surface area contributed by atoms with E-state index in [9.17, 15) is 9.90 Å². The second-order valence-corrected chi connectivity index (χ2v) is 4.93. The minimum atomic E-state index is -0.527. The number of fused-ring (bicyclic) bond motifs is 1. The first kappa shape index (κ1) is 14.4. The molecule has 2 aromatic rings. The molecule has 2 heterocycles. The first-order valence-electron chi connectivity index (χ1n) is 6.48. The fraction of sp³-hybridized carbons (Fsp3) is 0.214. The zero-order valence-electron chi connectivity index (χ0n) is 11.7. The normalized spacial score (nSPS) is 16.9. The van der Waals surface area contributed by atoms with E-state index in [-0.39, 0.29) is 11.6 Å². The number of carbonyl (C=O) groups excluding carboxylic acids is 1. The summed E-state index contributed by atoms with van der Waals surface area (Å²) in [4.78, 5) is 16.3. The Balaban J connectivity index is 2.19. The van der Waals surface area contributed by atoms with Crippen LogP contribution in [0.15, 0.2) is 41.9 Å². The molecule has 0 amide bonds.